The van der Waals surface area contributed by atoms with E-state index in [-0.39, 0.29) is 12.4 Å². The first kappa shape index (κ1) is 19.0. The average molecular weight is 381 g/mol. The molecule has 1 heterocycles. The normalized spacial score (nSPS) is 10.2. The van der Waals surface area contributed by atoms with Gasteiger partial charge in [0, 0.05) is 5.56 Å². The van der Waals surface area contributed by atoms with Gasteiger partial charge in [-0.2, -0.15) is 0 Å². The quantitative estimate of drug-likeness (QED) is 0.568. The number of aromatic nitrogens is 2. The van der Waals surface area contributed by atoms with E-state index in [1.165, 1.54) is 0 Å². The van der Waals surface area contributed by atoms with Crippen molar-refractivity contribution in [2.75, 3.05) is 25.6 Å². The van der Waals surface area contributed by atoms with Gasteiger partial charge in [-0.1, -0.05) is 12.7 Å². The van der Waals surface area contributed by atoms with Crippen LogP contribution in [0.1, 0.15) is 0 Å². The number of carbonyl (C=O) groups excluding carboxylic acids is 1. The van der Waals surface area contributed by atoms with Crippen LogP contribution in [0.5, 0.6) is 17.2 Å². The molecular formula is C20H19N3O5. The Labute approximate surface area is 161 Å². The van der Waals surface area contributed by atoms with Crippen LogP contribution in [0, 0.1) is 0 Å². The molecule has 3 aromatic rings. The van der Waals surface area contributed by atoms with E-state index in [0.29, 0.717) is 29.5 Å². The molecule has 0 aliphatic rings. The van der Waals surface area contributed by atoms with Crippen LogP contribution < -0.4 is 19.5 Å². The van der Waals surface area contributed by atoms with E-state index in [0.717, 1.165) is 5.56 Å². The first-order valence-electron chi connectivity index (χ1n) is 8.43. The van der Waals surface area contributed by atoms with Crippen LogP contribution in [-0.2, 0) is 4.79 Å². The molecule has 0 atom stereocenters. The summed E-state index contributed by atoms with van der Waals surface area (Å²) in [5, 5.41) is 10.2. The van der Waals surface area contributed by atoms with Crippen LogP contribution in [0.3, 0.4) is 0 Å². The number of rotatable bonds is 9. The number of carbonyl (C=O) groups is 1. The summed E-state index contributed by atoms with van der Waals surface area (Å²) in [6.07, 6.45) is 1.66. The van der Waals surface area contributed by atoms with Crippen molar-refractivity contribution < 1.29 is 23.6 Å². The zero-order valence-corrected chi connectivity index (χ0v) is 15.3. The summed E-state index contributed by atoms with van der Waals surface area (Å²) in [6.45, 7) is 3.83. The van der Waals surface area contributed by atoms with Crippen molar-refractivity contribution in [1.82, 2.24) is 10.3 Å². The Hall–Kier alpha value is -3.81. The molecule has 0 radical (unpaired) electrons. The number of methoxy groups -OCH3 is 1. The summed E-state index contributed by atoms with van der Waals surface area (Å²) in [5.41, 5.74) is 1.13. The zero-order valence-electron chi connectivity index (χ0n) is 15.3. The van der Waals surface area contributed by atoms with Gasteiger partial charge in [0.15, 0.2) is 12.3 Å². The number of anilines is 1. The van der Waals surface area contributed by atoms with Crippen molar-refractivity contribution in [1.29, 1.82) is 0 Å². The van der Waals surface area contributed by atoms with Crippen LogP contribution in [0.25, 0.3) is 11.3 Å². The molecule has 1 N–H and O–H groups in total. The first-order valence-corrected chi connectivity index (χ1v) is 8.43. The maximum absolute atomic E-state index is 12.2. The molecule has 1 amide bonds. The monoisotopic (exact) mass is 381 g/mol. The predicted octanol–water partition coefficient (Wildman–Crippen LogP) is 3.33. The summed E-state index contributed by atoms with van der Waals surface area (Å²) in [4.78, 5) is 12.2. The summed E-state index contributed by atoms with van der Waals surface area (Å²) < 4.78 is 20.7. The lowest BCUT2D eigenvalue weighted by Gasteiger charge is -2.07. The largest absolute Gasteiger partial charge is 0.497 e. The minimum absolute atomic E-state index is 0.188. The zero-order chi connectivity index (χ0) is 19.8. The van der Waals surface area contributed by atoms with Gasteiger partial charge in [0.2, 0.25) is 5.82 Å². The van der Waals surface area contributed by atoms with Gasteiger partial charge in [-0.25, -0.2) is 4.63 Å². The van der Waals surface area contributed by atoms with E-state index < -0.39 is 5.91 Å². The first-order chi connectivity index (χ1) is 13.7. The van der Waals surface area contributed by atoms with Gasteiger partial charge in [0.25, 0.3) is 5.91 Å². The number of ether oxygens (including phenoxy) is 3. The van der Waals surface area contributed by atoms with Gasteiger partial charge in [0.1, 0.15) is 23.9 Å². The van der Waals surface area contributed by atoms with Crippen LogP contribution >= 0.6 is 0 Å². The van der Waals surface area contributed by atoms with Gasteiger partial charge in [-0.05, 0) is 58.8 Å². The van der Waals surface area contributed by atoms with Gasteiger partial charge >= 0.3 is 0 Å². The molecule has 8 heteroatoms. The van der Waals surface area contributed by atoms with E-state index in [9.17, 15) is 4.79 Å². The third-order valence-electron chi connectivity index (χ3n) is 3.67. The maximum atomic E-state index is 12.2. The molecule has 0 fully saturated rings. The average Bonchev–Trinajstić information content (AvgIpc) is 3.19. The van der Waals surface area contributed by atoms with Crippen LogP contribution in [-0.4, -0.2) is 36.5 Å². The van der Waals surface area contributed by atoms with Gasteiger partial charge in [0.05, 0.1) is 7.11 Å². The highest BCUT2D eigenvalue weighted by Crippen LogP contribution is 2.26. The predicted molar refractivity (Wildman–Crippen MR) is 103 cm³/mol. The maximum Gasteiger partial charge on any atom is 0.263 e. The Morgan fingerprint density at radius 2 is 1.68 bits per heavy atom. The molecule has 1 aromatic heterocycles. The van der Waals surface area contributed by atoms with Crippen molar-refractivity contribution in [3.05, 3.63) is 61.2 Å². The van der Waals surface area contributed by atoms with Crippen molar-refractivity contribution in [2.24, 2.45) is 0 Å². The molecule has 0 unspecified atom stereocenters. The van der Waals surface area contributed by atoms with E-state index in [1.807, 2.05) is 0 Å². The minimum atomic E-state index is -0.390. The lowest BCUT2D eigenvalue weighted by Crippen LogP contribution is -2.20. The second-order valence-corrected chi connectivity index (χ2v) is 5.60. The summed E-state index contributed by atoms with van der Waals surface area (Å²) in [5.74, 6) is 1.76. The molecule has 28 heavy (non-hydrogen) atoms. The van der Waals surface area contributed by atoms with Crippen LogP contribution in [0.15, 0.2) is 65.8 Å². The fourth-order valence-corrected chi connectivity index (χ4v) is 2.31. The minimum Gasteiger partial charge on any atom is -0.497 e. The SMILES string of the molecule is C=CCOc1ccc(-c2nonc2NC(=O)COc2ccc(OC)cc2)cc1. The van der Waals surface area contributed by atoms with Crippen molar-refractivity contribution >= 4 is 11.7 Å². The second kappa shape index (κ2) is 9.22. The number of hydrogen-bond acceptors (Lipinski definition) is 7. The molecule has 0 saturated carbocycles. The summed E-state index contributed by atoms with van der Waals surface area (Å²) in [7, 11) is 1.58. The molecule has 2 aromatic carbocycles. The van der Waals surface area contributed by atoms with Crippen LogP contribution in [0.4, 0.5) is 5.82 Å². The molecule has 0 bridgehead atoms. The van der Waals surface area contributed by atoms with E-state index >= 15 is 0 Å². The Balaban J connectivity index is 1.59. The lowest BCUT2D eigenvalue weighted by atomic mass is 10.1. The third kappa shape index (κ3) is 4.88. The molecule has 3 rings (SSSR count). The molecule has 8 nitrogen and oxygen atoms in total. The Morgan fingerprint density at radius 1 is 1.04 bits per heavy atom. The number of nitrogens with zero attached hydrogens (tertiary/aromatic N) is 2. The second-order valence-electron chi connectivity index (χ2n) is 5.60. The third-order valence-corrected chi connectivity index (χ3v) is 3.67. The van der Waals surface area contributed by atoms with E-state index in [4.69, 9.17) is 18.8 Å². The highest BCUT2D eigenvalue weighted by atomic mass is 16.6. The lowest BCUT2D eigenvalue weighted by molar-refractivity contribution is -0.118. The molecule has 0 aliphatic heterocycles. The highest BCUT2D eigenvalue weighted by molar-refractivity contribution is 5.94. The van der Waals surface area contributed by atoms with Crippen molar-refractivity contribution in [3.8, 4) is 28.5 Å². The standard InChI is InChI=1S/C20H19N3O5/c1-3-12-26-16-6-4-14(5-7-16)19-20(23-28-22-19)21-18(24)13-27-17-10-8-15(25-2)9-11-17/h3-11H,1,12-13H2,2H3,(H,21,23,24). The smallest absolute Gasteiger partial charge is 0.263 e. The molecule has 0 saturated heterocycles. The van der Waals surface area contributed by atoms with Crippen molar-refractivity contribution in [3.63, 3.8) is 0 Å². The number of hydrogen-bond donors (Lipinski definition) is 1. The molecular weight excluding hydrogens is 362 g/mol. The van der Waals surface area contributed by atoms with Gasteiger partial charge in [-0.15, -0.1) is 0 Å². The summed E-state index contributed by atoms with van der Waals surface area (Å²) in [6, 6.07) is 14.1. The number of benzene rings is 2. The number of amides is 1. The Morgan fingerprint density at radius 3 is 2.36 bits per heavy atom. The van der Waals surface area contributed by atoms with Crippen molar-refractivity contribution in [2.45, 2.75) is 0 Å². The molecule has 0 spiro atoms. The number of nitrogens with one attached hydrogen (secondary N) is 1. The van der Waals surface area contributed by atoms with Crippen LogP contribution in [0.2, 0.25) is 0 Å². The Bertz CT molecular complexity index is 920. The molecule has 144 valence electrons. The Kier molecular flexibility index (Phi) is 6.25. The molecule has 0 aliphatic carbocycles. The topological polar surface area (TPSA) is 95.7 Å². The van der Waals surface area contributed by atoms with Gasteiger partial charge in [-0.3, -0.25) is 4.79 Å². The fourth-order valence-electron chi connectivity index (χ4n) is 2.31. The van der Waals surface area contributed by atoms with E-state index in [2.05, 4.69) is 22.2 Å². The summed E-state index contributed by atoms with van der Waals surface area (Å²) >= 11 is 0. The van der Waals surface area contributed by atoms with E-state index in [1.54, 1.807) is 61.7 Å². The van der Waals surface area contributed by atoms with Gasteiger partial charge < -0.3 is 19.5 Å². The fraction of sp³-hybridized carbons (Fsp3) is 0.150. The highest BCUT2D eigenvalue weighted by Gasteiger charge is 2.15.